The molecule has 8 aromatic rings. The Morgan fingerprint density at radius 2 is 0.791 bits per heavy atom. The lowest BCUT2D eigenvalue weighted by Crippen LogP contribution is -2.10. The third-order valence-corrected chi connectivity index (χ3v) is 7.47. The smallest absolute Gasteiger partial charge is 0.114 e. The third-order valence-electron chi connectivity index (χ3n) is 7.47. The number of benzene rings is 6. The van der Waals surface area contributed by atoms with Crippen molar-refractivity contribution < 1.29 is 0 Å². The molecule has 7 heteroatoms. The van der Waals surface area contributed by atoms with Crippen molar-refractivity contribution in [2.24, 2.45) is 0 Å². The predicted octanol–water partition coefficient (Wildman–Crippen LogP) is 8.29. The van der Waals surface area contributed by atoms with Crippen LogP contribution < -0.4 is 4.90 Å². The van der Waals surface area contributed by atoms with Crippen LogP contribution in [0.25, 0.3) is 44.6 Å². The van der Waals surface area contributed by atoms with Gasteiger partial charge < -0.3 is 4.90 Å². The summed E-state index contributed by atoms with van der Waals surface area (Å²) in [5.41, 5.74) is 10.7. The molecule has 0 amide bonds. The summed E-state index contributed by atoms with van der Waals surface area (Å²) in [6.07, 6.45) is 0. The van der Waals surface area contributed by atoms with Crippen molar-refractivity contribution in [3.8, 4) is 22.5 Å². The number of anilines is 3. The van der Waals surface area contributed by atoms with E-state index in [4.69, 9.17) is 5.10 Å². The van der Waals surface area contributed by atoms with Gasteiger partial charge in [-0.3, -0.25) is 0 Å². The lowest BCUT2D eigenvalue weighted by Gasteiger charge is -2.25. The molecule has 0 atom stereocenters. The Morgan fingerprint density at radius 1 is 0.349 bits per heavy atom. The summed E-state index contributed by atoms with van der Waals surface area (Å²) in [7, 11) is 0. The maximum atomic E-state index is 4.72. The van der Waals surface area contributed by atoms with Crippen molar-refractivity contribution >= 4 is 39.1 Å². The Bertz CT molecular complexity index is 2130. The number of nitrogens with zero attached hydrogens (tertiary/aromatic N) is 7. The molecule has 0 aliphatic rings. The van der Waals surface area contributed by atoms with E-state index >= 15 is 0 Å². The summed E-state index contributed by atoms with van der Waals surface area (Å²) in [4.78, 5) is 5.62. The molecule has 43 heavy (non-hydrogen) atoms. The SMILES string of the molecule is c1ccc(N(c2ccc(-c3ccc4nn(-c5ccccc5)nc4c3)cc2)c2ccc(-n3nc4ccccc4n3)cc2)cc1. The van der Waals surface area contributed by atoms with Crippen LogP contribution in [0.3, 0.4) is 0 Å². The molecule has 0 bridgehead atoms. The van der Waals surface area contributed by atoms with Gasteiger partial charge in [-0.1, -0.05) is 66.7 Å². The summed E-state index contributed by atoms with van der Waals surface area (Å²) in [5, 5.41) is 18.6. The van der Waals surface area contributed by atoms with E-state index in [-0.39, 0.29) is 0 Å². The van der Waals surface area contributed by atoms with Crippen LogP contribution in [-0.2, 0) is 0 Å². The molecule has 2 heterocycles. The largest absolute Gasteiger partial charge is 0.311 e. The lowest BCUT2D eigenvalue weighted by atomic mass is 10.0. The summed E-state index contributed by atoms with van der Waals surface area (Å²) in [6, 6.07) is 51.4. The lowest BCUT2D eigenvalue weighted by molar-refractivity contribution is 0.765. The minimum absolute atomic E-state index is 0.857. The summed E-state index contributed by atoms with van der Waals surface area (Å²) < 4.78 is 0. The monoisotopic (exact) mass is 555 g/mol. The minimum Gasteiger partial charge on any atom is -0.311 e. The van der Waals surface area contributed by atoms with Gasteiger partial charge in [-0.25, -0.2) is 0 Å². The van der Waals surface area contributed by atoms with Gasteiger partial charge in [-0.15, -0.1) is 20.4 Å². The first-order valence-corrected chi connectivity index (χ1v) is 14.1. The first-order valence-electron chi connectivity index (χ1n) is 14.1. The predicted molar refractivity (Wildman–Crippen MR) is 171 cm³/mol. The van der Waals surface area contributed by atoms with Gasteiger partial charge in [0.1, 0.15) is 22.1 Å². The molecule has 0 saturated carbocycles. The van der Waals surface area contributed by atoms with Gasteiger partial charge in [0.15, 0.2) is 0 Å². The van der Waals surface area contributed by atoms with E-state index < -0.39 is 0 Å². The van der Waals surface area contributed by atoms with Crippen LogP contribution in [0.4, 0.5) is 17.1 Å². The van der Waals surface area contributed by atoms with Crippen molar-refractivity contribution in [1.82, 2.24) is 30.0 Å². The second-order valence-corrected chi connectivity index (χ2v) is 10.2. The zero-order valence-corrected chi connectivity index (χ0v) is 23.1. The molecule has 7 nitrogen and oxygen atoms in total. The van der Waals surface area contributed by atoms with Crippen LogP contribution in [0, 0.1) is 0 Å². The number of aromatic nitrogens is 6. The molecule has 0 fully saturated rings. The molecule has 0 spiro atoms. The van der Waals surface area contributed by atoms with E-state index in [1.54, 1.807) is 9.59 Å². The van der Waals surface area contributed by atoms with Crippen molar-refractivity contribution in [3.63, 3.8) is 0 Å². The van der Waals surface area contributed by atoms with Crippen LogP contribution in [0.1, 0.15) is 0 Å². The molecular weight excluding hydrogens is 530 g/mol. The highest BCUT2D eigenvalue weighted by atomic mass is 15.5. The van der Waals surface area contributed by atoms with E-state index in [0.717, 1.165) is 61.6 Å². The summed E-state index contributed by atoms with van der Waals surface area (Å²) in [6.45, 7) is 0. The van der Waals surface area contributed by atoms with E-state index in [0.29, 0.717) is 0 Å². The number of hydrogen-bond donors (Lipinski definition) is 0. The molecule has 0 unspecified atom stereocenters. The molecule has 204 valence electrons. The molecule has 0 saturated heterocycles. The quantitative estimate of drug-likeness (QED) is 0.207. The molecule has 0 N–H and O–H groups in total. The fraction of sp³-hybridized carbons (Fsp3) is 0. The van der Waals surface area contributed by atoms with Crippen molar-refractivity contribution in [2.75, 3.05) is 4.90 Å². The summed E-state index contributed by atoms with van der Waals surface area (Å²) >= 11 is 0. The van der Waals surface area contributed by atoms with Crippen molar-refractivity contribution in [3.05, 3.63) is 152 Å². The fourth-order valence-corrected chi connectivity index (χ4v) is 5.31. The van der Waals surface area contributed by atoms with Crippen LogP contribution in [0.5, 0.6) is 0 Å². The van der Waals surface area contributed by atoms with Gasteiger partial charge in [0.25, 0.3) is 0 Å². The van der Waals surface area contributed by atoms with E-state index in [1.165, 1.54) is 0 Å². The third kappa shape index (κ3) is 4.69. The highest BCUT2D eigenvalue weighted by Gasteiger charge is 2.14. The van der Waals surface area contributed by atoms with E-state index in [2.05, 4.69) is 105 Å². The molecule has 0 aliphatic heterocycles. The van der Waals surface area contributed by atoms with Gasteiger partial charge in [-0.2, -0.15) is 9.59 Å². The van der Waals surface area contributed by atoms with Crippen LogP contribution >= 0.6 is 0 Å². The minimum atomic E-state index is 0.857. The average molecular weight is 556 g/mol. The van der Waals surface area contributed by atoms with Crippen molar-refractivity contribution in [1.29, 1.82) is 0 Å². The second kappa shape index (κ2) is 10.4. The number of fused-ring (bicyclic) bond motifs is 2. The van der Waals surface area contributed by atoms with Crippen molar-refractivity contribution in [2.45, 2.75) is 0 Å². The normalized spacial score (nSPS) is 11.3. The maximum absolute atomic E-state index is 4.72. The van der Waals surface area contributed by atoms with Crippen LogP contribution in [0.2, 0.25) is 0 Å². The number of rotatable bonds is 6. The van der Waals surface area contributed by atoms with Crippen LogP contribution in [0.15, 0.2) is 152 Å². The molecule has 8 rings (SSSR count). The number of para-hydroxylation sites is 2. The van der Waals surface area contributed by atoms with Gasteiger partial charge in [0.05, 0.1) is 11.4 Å². The van der Waals surface area contributed by atoms with E-state index in [9.17, 15) is 0 Å². The Labute approximate surface area is 247 Å². The summed E-state index contributed by atoms with van der Waals surface area (Å²) in [5.74, 6) is 0. The highest BCUT2D eigenvalue weighted by Crippen LogP contribution is 2.36. The first kappa shape index (κ1) is 24.7. The molecule has 2 aromatic heterocycles. The number of hydrogen-bond acceptors (Lipinski definition) is 5. The topological polar surface area (TPSA) is 64.7 Å². The van der Waals surface area contributed by atoms with Gasteiger partial charge in [0.2, 0.25) is 0 Å². The Morgan fingerprint density at radius 3 is 1.42 bits per heavy atom. The van der Waals surface area contributed by atoms with Gasteiger partial charge >= 0.3 is 0 Å². The van der Waals surface area contributed by atoms with E-state index in [1.807, 2.05) is 66.7 Å². The standard InChI is InChI=1S/C36H25N7/c1-3-9-28(10-4-1)41(30-20-22-32(23-21-30)43-37-33-13-7-8-14-34(33)38-43)29-18-15-26(16-19-29)27-17-24-35-36(25-27)40-42(39-35)31-11-5-2-6-12-31/h1-25H. The van der Waals surface area contributed by atoms with Gasteiger partial charge in [-0.05, 0) is 96.1 Å². The molecular formula is C36H25N7. The Balaban J connectivity index is 1.11. The Kier molecular flexibility index (Phi) is 5.97. The maximum Gasteiger partial charge on any atom is 0.114 e. The van der Waals surface area contributed by atoms with Gasteiger partial charge in [0, 0.05) is 17.1 Å². The fourth-order valence-electron chi connectivity index (χ4n) is 5.31. The molecule has 0 aliphatic carbocycles. The van der Waals surface area contributed by atoms with Crippen LogP contribution in [-0.4, -0.2) is 30.0 Å². The second-order valence-electron chi connectivity index (χ2n) is 10.2. The zero-order valence-electron chi connectivity index (χ0n) is 23.1. The zero-order chi connectivity index (χ0) is 28.6. The first-order chi connectivity index (χ1) is 21.3. The molecule has 0 radical (unpaired) electrons. The Hall–Kier alpha value is -6.08. The highest BCUT2D eigenvalue weighted by molar-refractivity contribution is 5.83. The average Bonchev–Trinajstić information content (AvgIpc) is 3.71. The molecule has 6 aromatic carbocycles.